The molecule has 2 rings (SSSR count). The van der Waals surface area contributed by atoms with E-state index < -0.39 is 96.0 Å². The quantitative estimate of drug-likeness (QED) is 0.173. The van der Waals surface area contributed by atoms with Crippen LogP contribution >= 0.6 is 0 Å². The van der Waals surface area contributed by atoms with Crippen molar-refractivity contribution in [3.63, 3.8) is 0 Å². The number of nitrogens with zero attached hydrogens (tertiary/aromatic N) is 1. The van der Waals surface area contributed by atoms with E-state index in [4.69, 9.17) is 14.6 Å². The Bertz CT molecular complexity index is 1500. The van der Waals surface area contributed by atoms with E-state index in [9.17, 15) is 79.8 Å². The second kappa shape index (κ2) is 15.2. The number of hydrogen-bond donors (Lipinski definition) is 1. The average molecular weight is 773 g/mol. The van der Waals surface area contributed by atoms with Crippen molar-refractivity contribution in [2.75, 3.05) is 26.3 Å². The van der Waals surface area contributed by atoms with Gasteiger partial charge in [-0.2, -0.15) is 70.2 Å². The Kier molecular flexibility index (Phi) is 12.8. The van der Waals surface area contributed by atoms with Gasteiger partial charge in [-0.3, -0.25) is 4.90 Å². The maximum atomic E-state index is 14.7. The molecule has 0 radical (unpaired) electrons. The number of benzene rings is 2. The Hall–Kier alpha value is -4.18. The molecule has 0 saturated heterocycles. The first-order valence-electron chi connectivity index (χ1n) is 13.7. The maximum Gasteiger partial charge on any atom is 0.460 e. The van der Waals surface area contributed by atoms with Gasteiger partial charge in [-0.25, -0.2) is 9.59 Å². The molecule has 0 saturated carbocycles. The van der Waals surface area contributed by atoms with Crippen molar-refractivity contribution in [1.82, 2.24) is 4.90 Å². The predicted molar refractivity (Wildman–Crippen MR) is 139 cm³/mol. The van der Waals surface area contributed by atoms with Gasteiger partial charge in [0, 0.05) is 13.0 Å². The van der Waals surface area contributed by atoms with Crippen molar-refractivity contribution >= 4 is 12.1 Å². The molecule has 1 unspecified atom stereocenters. The van der Waals surface area contributed by atoms with Crippen LogP contribution in [0.4, 0.5) is 75.0 Å². The highest BCUT2D eigenvalue weighted by Gasteiger charge is 2.90. The molecule has 7 nitrogen and oxygen atoms in total. The number of carbonyl (C=O) groups is 2. The second-order valence-electron chi connectivity index (χ2n) is 10.3. The van der Waals surface area contributed by atoms with Crippen LogP contribution in [0.3, 0.4) is 0 Å². The molecule has 0 aliphatic carbocycles. The molecule has 0 aliphatic rings. The van der Waals surface area contributed by atoms with Crippen LogP contribution in [0.2, 0.25) is 0 Å². The number of ether oxygens (including phenoxy) is 3. The molecule has 51 heavy (non-hydrogen) atoms. The molecule has 0 aromatic heterocycles. The number of carboxylic acids is 1. The lowest BCUT2D eigenvalue weighted by molar-refractivity contribution is -0.440. The van der Waals surface area contributed by atoms with Crippen LogP contribution in [0.15, 0.2) is 48.5 Å². The third-order valence-electron chi connectivity index (χ3n) is 6.63. The molecule has 0 spiro atoms. The van der Waals surface area contributed by atoms with Gasteiger partial charge in [0.2, 0.25) is 0 Å². The highest BCUT2D eigenvalue weighted by atomic mass is 19.4. The maximum absolute atomic E-state index is 14.7. The smallest absolute Gasteiger partial charge is 0.460 e. The van der Waals surface area contributed by atoms with Crippen molar-refractivity contribution in [3.8, 4) is 11.5 Å². The first-order chi connectivity index (χ1) is 23.0. The molecule has 0 fully saturated rings. The van der Waals surface area contributed by atoms with Crippen molar-refractivity contribution < 1.29 is 99.2 Å². The summed E-state index contributed by atoms with van der Waals surface area (Å²) in [5, 5.41) is 9.16. The number of halogens is 16. The van der Waals surface area contributed by atoms with Crippen molar-refractivity contribution in [2.24, 2.45) is 0 Å². The summed E-state index contributed by atoms with van der Waals surface area (Å²) in [7, 11) is 0. The Labute approximate surface area is 275 Å². The fourth-order valence-electron chi connectivity index (χ4n) is 3.91. The third-order valence-corrected chi connectivity index (χ3v) is 6.63. The fourth-order valence-corrected chi connectivity index (χ4v) is 3.91. The van der Waals surface area contributed by atoms with Gasteiger partial charge in [0.15, 0.2) is 6.10 Å². The molecule has 2 aromatic rings. The van der Waals surface area contributed by atoms with Gasteiger partial charge in [0.25, 0.3) is 0 Å². The van der Waals surface area contributed by atoms with Crippen LogP contribution < -0.4 is 9.47 Å². The minimum absolute atomic E-state index is 0.0238. The second-order valence-corrected chi connectivity index (χ2v) is 10.3. The molecule has 0 bridgehead atoms. The summed E-state index contributed by atoms with van der Waals surface area (Å²) in [6.45, 7) is -4.23. The molecule has 1 amide bonds. The van der Waals surface area contributed by atoms with Crippen LogP contribution in [-0.4, -0.2) is 90.3 Å². The van der Waals surface area contributed by atoms with Gasteiger partial charge in [0.1, 0.15) is 18.1 Å². The zero-order valence-electron chi connectivity index (χ0n) is 25.2. The number of alkyl halides is 16. The number of aliphatic carboxylic acids is 1. The van der Waals surface area contributed by atoms with E-state index in [1.165, 1.54) is 19.1 Å². The number of hydrogen-bond acceptors (Lipinski definition) is 5. The summed E-state index contributed by atoms with van der Waals surface area (Å²) < 4.78 is 231. The first kappa shape index (κ1) is 43.0. The van der Waals surface area contributed by atoms with Gasteiger partial charge in [-0.15, -0.1) is 0 Å². The van der Waals surface area contributed by atoms with Crippen LogP contribution in [0.1, 0.15) is 18.1 Å². The average Bonchev–Trinajstić information content (AvgIpc) is 2.99. The lowest BCUT2D eigenvalue weighted by Crippen LogP contribution is -2.71. The Morgan fingerprint density at radius 2 is 1.29 bits per heavy atom. The fraction of sp³-hybridized carbons (Fsp3) is 0.500. The van der Waals surface area contributed by atoms with E-state index in [0.717, 1.165) is 12.1 Å². The zero-order chi connectivity index (χ0) is 39.4. The Morgan fingerprint density at radius 3 is 1.78 bits per heavy atom. The topological polar surface area (TPSA) is 85.3 Å². The number of amides is 1. The molecule has 2 aromatic carbocycles. The van der Waals surface area contributed by atoms with Crippen molar-refractivity contribution in [2.45, 2.75) is 61.4 Å². The Morgan fingerprint density at radius 1 is 0.745 bits per heavy atom. The molecule has 23 heteroatoms. The van der Waals surface area contributed by atoms with E-state index in [0.29, 0.717) is 23.8 Å². The van der Waals surface area contributed by atoms with Gasteiger partial charge in [0.05, 0.1) is 18.7 Å². The normalized spacial score (nSPS) is 14.2. The monoisotopic (exact) mass is 773 g/mol. The SMILES string of the molecule is CCOC(Cc1ccc(OCCN(CC(F)(F)C(F)(F)C(F)(F)C(F)(F)C(F)(F)C(F)(F)F)C(=O)Oc2cccc(C(F)(F)F)c2)cc1)C(=O)O. The lowest BCUT2D eigenvalue weighted by Gasteiger charge is -2.40. The molecular weight excluding hydrogens is 750 g/mol. The Balaban J connectivity index is 2.41. The van der Waals surface area contributed by atoms with E-state index in [-0.39, 0.29) is 24.8 Å². The highest BCUT2D eigenvalue weighted by molar-refractivity contribution is 5.72. The minimum Gasteiger partial charge on any atom is -0.492 e. The molecule has 288 valence electrons. The third kappa shape index (κ3) is 9.39. The largest absolute Gasteiger partial charge is 0.492 e. The molecular formula is C28H23F16NO6. The number of carbonyl (C=O) groups excluding carboxylic acids is 1. The lowest BCUT2D eigenvalue weighted by atomic mass is 9.93. The predicted octanol–water partition coefficient (Wildman–Crippen LogP) is 8.36. The summed E-state index contributed by atoms with van der Waals surface area (Å²) in [6, 6.07) is 6.40. The number of carboxylic acid groups (broad SMARTS) is 1. The number of rotatable bonds is 16. The van der Waals surface area contributed by atoms with E-state index in [1.54, 1.807) is 0 Å². The summed E-state index contributed by atoms with van der Waals surface area (Å²) in [5.74, 6) is -41.6. The minimum atomic E-state index is -8.21. The molecule has 1 atom stereocenters. The van der Waals surface area contributed by atoms with Gasteiger partial charge in [-0.05, 0) is 42.8 Å². The molecule has 0 heterocycles. The van der Waals surface area contributed by atoms with Crippen LogP contribution in [0.25, 0.3) is 0 Å². The van der Waals surface area contributed by atoms with Crippen molar-refractivity contribution in [1.29, 1.82) is 0 Å². The highest BCUT2D eigenvalue weighted by Crippen LogP contribution is 2.60. The summed E-state index contributed by atoms with van der Waals surface area (Å²) in [4.78, 5) is 23.2. The van der Waals surface area contributed by atoms with Crippen LogP contribution in [-0.2, 0) is 22.1 Å². The van der Waals surface area contributed by atoms with Crippen molar-refractivity contribution in [3.05, 3.63) is 59.7 Å². The van der Waals surface area contributed by atoms with Gasteiger partial charge in [-0.1, -0.05) is 18.2 Å². The molecule has 1 N–H and O–H groups in total. The zero-order valence-corrected chi connectivity index (χ0v) is 25.2. The van der Waals surface area contributed by atoms with E-state index in [2.05, 4.69) is 4.74 Å². The standard InChI is InChI=1S/C28H23F16NO6/c1-2-49-19(20(46)47)12-15-6-8-17(9-7-15)50-11-10-45(21(48)51-18-5-3-4-16(13-18)23(31,32)33)14-22(29,30)24(34,35)25(36,37)26(38,39)27(40,41)28(42,43)44/h3-9,13,19H,2,10-12,14H2,1H3,(H,46,47). The first-order valence-corrected chi connectivity index (χ1v) is 13.7. The summed E-state index contributed by atoms with van der Waals surface area (Å²) in [5.41, 5.74) is -1.20. The molecule has 0 aliphatic heterocycles. The van der Waals surface area contributed by atoms with E-state index in [1.807, 2.05) is 0 Å². The summed E-state index contributed by atoms with van der Waals surface area (Å²) >= 11 is 0. The van der Waals surface area contributed by atoms with Crippen LogP contribution in [0, 0.1) is 0 Å². The van der Waals surface area contributed by atoms with E-state index >= 15 is 0 Å². The van der Waals surface area contributed by atoms with Gasteiger partial charge < -0.3 is 19.3 Å². The summed E-state index contributed by atoms with van der Waals surface area (Å²) in [6.07, 6.45) is -16.6. The van der Waals surface area contributed by atoms with Gasteiger partial charge >= 0.3 is 54.0 Å². The van der Waals surface area contributed by atoms with Crippen LogP contribution in [0.5, 0.6) is 11.5 Å².